The zero-order chi connectivity index (χ0) is 18.4. The van der Waals surface area contributed by atoms with Gasteiger partial charge in [0.2, 0.25) is 10.0 Å². The number of benzene rings is 2. The van der Waals surface area contributed by atoms with Crippen molar-refractivity contribution in [2.75, 3.05) is 6.54 Å². The summed E-state index contributed by atoms with van der Waals surface area (Å²) >= 11 is 0. The number of nitrogens with zero attached hydrogens (tertiary/aromatic N) is 1. The summed E-state index contributed by atoms with van der Waals surface area (Å²) < 4.78 is 42.1. The number of hydrogen-bond acceptors (Lipinski definition) is 3. The van der Waals surface area contributed by atoms with E-state index in [1.54, 1.807) is 6.07 Å². The molecule has 138 valence electrons. The Hall–Kier alpha value is -1.76. The van der Waals surface area contributed by atoms with E-state index < -0.39 is 20.8 Å². The van der Waals surface area contributed by atoms with Gasteiger partial charge in [0.15, 0.2) is 0 Å². The van der Waals surface area contributed by atoms with E-state index in [0.717, 1.165) is 30.4 Å². The first-order valence-corrected chi connectivity index (χ1v) is 10.5. The zero-order valence-electron chi connectivity index (χ0n) is 14.6. The summed E-state index contributed by atoms with van der Waals surface area (Å²) in [6.07, 6.45) is 3.10. The number of rotatable bonds is 4. The van der Waals surface area contributed by atoms with Gasteiger partial charge in [-0.05, 0) is 42.9 Å². The van der Waals surface area contributed by atoms with Gasteiger partial charge in [0.05, 0.1) is 0 Å². The molecular formula is C20H23FN2O2S. The Bertz CT molecular complexity index is 911. The predicted molar refractivity (Wildman–Crippen MR) is 99.2 cm³/mol. The minimum Gasteiger partial charge on any atom is -0.321 e. The number of nitrogens with two attached hydrogens (primary N) is 1. The van der Waals surface area contributed by atoms with Gasteiger partial charge in [0.1, 0.15) is 11.1 Å². The summed E-state index contributed by atoms with van der Waals surface area (Å²) in [6.45, 7) is 0.489. The van der Waals surface area contributed by atoms with Gasteiger partial charge in [-0.2, -0.15) is 4.31 Å². The summed E-state index contributed by atoms with van der Waals surface area (Å²) in [5, 5.41) is -0.557. The average Bonchev–Trinajstić information content (AvgIpc) is 3.37. The Morgan fingerprint density at radius 2 is 1.88 bits per heavy atom. The van der Waals surface area contributed by atoms with E-state index in [9.17, 15) is 12.8 Å². The fourth-order valence-electron chi connectivity index (χ4n) is 3.68. The van der Waals surface area contributed by atoms with E-state index in [4.69, 9.17) is 5.73 Å². The van der Waals surface area contributed by atoms with Crippen molar-refractivity contribution in [2.24, 2.45) is 5.73 Å². The first-order valence-electron chi connectivity index (χ1n) is 9.02. The van der Waals surface area contributed by atoms with Crippen LogP contribution in [0.15, 0.2) is 48.5 Å². The minimum atomic E-state index is -3.52. The summed E-state index contributed by atoms with van der Waals surface area (Å²) in [6, 6.07) is 14.2. The van der Waals surface area contributed by atoms with Crippen molar-refractivity contribution in [3.05, 3.63) is 71.0 Å². The highest BCUT2D eigenvalue weighted by atomic mass is 32.2. The van der Waals surface area contributed by atoms with E-state index in [-0.39, 0.29) is 12.4 Å². The average molecular weight is 374 g/mol. The predicted octanol–water partition coefficient (Wildman–Crippen LogP) is 3.44. The fourth-order valence-corrected chi connectivity index (χ4v) is 5.71. The monoisotopic (exact) mass is 374 g/mol. The molecule has 0 bridgehead atoms. The van der Waals surface area contributed by atoms with Gasteiger partial charge in [-0.3, -0.25) is 0 Å². The van der Waals surface area contributed by atoms with Crippen molar-refractivity contribution >= 4 is 10.0 Å². The normalized spacial score (nSPS) is 24.3. The maximum absolute atomic E-state index is 14.6. The lowest BCUT2D eigenvalue weighted by atomic mass is 10.0. The van der Waals surface area contributed by atoms with Gasteiger partial charge in [0.25, 0.3) is 0 Å². The molecule has 1 heterocycles. The molecule has 0 amide bonds. The van der Waals surface area contributed by atoms with Gasteiger partial charge in [-0.15, -0.1) is 0 Å². The highest BCUT2D eigenvalue weighted by Crippen LogP contribution is 2.43. The van der Waals surface area contributed by atoms with Crippen LogP contribution in [0, 0.1) is 5.82 Å². The van der Waals surface area contributed by atoms with Crippen LogP contribution in [0.5, 0.6) is 0 Å². The summed E-state index contributed by atoms with van der Waals surface area (Å²) in [7, 11) is -3.52. The fraction of sp³-hybridized carbons (Fsp3) is 0.400. The third-order valence-electron chi connectivity index (χ3n) is 5.53. The Morgan fingerprint density at radius 1 is 1.15 bits per heavy atom. The largest absolute Gasteiger partial charge is 0.321 e. The Labute approximate surface area is 153 Å². The number of hydrogen-bond donors (Lipinski definition) is 1. The maximum Gasteiger partial charge on any atom is 0.221 e. The molecule has 2 aromatic carbocycles. The first kappa shape index (κ1) is 17.6. The van der Waals surface area contributed by atoms with Gasteiger partial charge in [0, 0.05) is 24.2 Å². The molecule has 0 unspecified atom stereocenters. The molecule has 2 aliphatic rings. The molecule has 26 heavy (non-hydrogen) atoms. The molecule has 1 saturated heterocycles. The SMILES string of the molecule is NC1(c2ccc(CN3CCC[C@H](c4ccccc4)S3(=O)=O)c(F)c2)CC1. The van der Waals surface area contributed by atoms with Gasteiger partial charge in [-0.25, -0.2) is 12.8 Å². The van der Waals surface area contributed by atoms with Crippen molar-refractivity contribution in [3.63, 3.8) is 0 Å². The van der Waals surface area contributed by atoms with Crippen molar-refractivity contribution in [1.82, 2.24) is 4.31 Å². The second kappa shape index (κ2) is 6.44. The molecule has 2 N–H and O–H groups in total. The highest BCUT2D eigenvalue weighted by molar-refractivity contribution is 7.89. The summed E-state index contributed by atoms with van der Waals surface area (Å²) in [5.41, 5.74) is 7.72. The summed E-state index contributed by atoms with van der Waals surface area (Å²) in [5.74, 6) is -0.378. The third-order valence-corrected chi connectivity index (χ3v) is 7.79. The molecule has 6 heteroatoms. The highest BCUT2D eigenvalue weighted by Gasteiger charge is 2.41. The van der Waals surface area contributed by atoms with Crippen LogP contribution in [0.4, 0.5) is 4.39 Å². The van der Waals surface area contributed by atoms with Crippen molar-refractivity contribution < 1.29 is 12.8 Å². The molecule has 4 rings (SSSR count). The van der Waals surface area contributed by atoms with Gasteiger partial charge < -0.3 is 5.73 Å². The lowest BCUT2D eigenvalue weighted by Gasteiger charge is -2.32. The molecule has 1 aliphatic heterocycles. The Balaban J connectivity index is 1.58. The molecule has 0 radical (unpaired) electrons. The summed E-state index contributed by atoms with van der Waals surface area (Å²) in [4.78, 5) is 0. The lowest BCUT2D eigenvalue weighted by molar-refractivity contribution is 0.355. The minimum absolute atomic E-state index is 0.0648. The standard InChI is InChI=1S/C20H23FN2O2S/c21-18-13-17(20(22)10-11-20)9-8-16(18)14-23-12-4-7-19(26(23,24)25)15-5-2-1-3-6-15/h1-3,5-6,8-9,13,19H,4,7,10-12,14,22H2/t19-/m1/s1. The quantitative estimate of drug-likeness (QED) is 0.892. The van der Waals surface area contributed by atoms with E-state index in [0.29, 0.717) is 18.5 Å². The van der Waals surface area contributed by atoms with E-state index in [1.807, 2.05) is 36.4 Å². The van der Waals surface area contributed by atoms with Crippen LogP contribution in [-0.4, -0.2) is 19.3 Å². The Kier molecular flexibility index (Phi) is 4.37. The van der Waals surface area contributed by atoms with Crippen LogP contribution in [0.3, 0.4) is 0 Å². The lowest BCUT2D eigenvalue weighted by Crippen LogP contribution is -2.39. The van der Waals surface area contributed by atoms with Crippen LogP contribution in [-0.2, 0) is 22.1 Å². The molecule has 4 nitrogen and oxygen atoms in total. The number of halogens is 1. The molecule has 0 aromatic heterocycles. The molecule has 0 spiro atoms. The van der Waals surface area contributed by atoms with Crippen LogP contribution < -0.4 is 5.73 Å². The van der Waals surface area contributed by atoms with Crippen molar-refractivity contribution in [1.29, 1.82) is 0 Å². The Morgan fingerprint density at radius 3 is 2.54 bits per heavy atom. The van der Waals surface area contributed by atoms with E-state index in [2.05, 4.69) is 0 Å². The second-order valence-electron chi connectivity index (χ2n) is 7.38. The maximum atomic E-state index is 14.6. The number of sulfonamides is 1. The van der Waals surface area contributed by atoms with E-state index >= 15 is 0 Å². The molecular weight excluding hydrogens is 351 g/mol. The molecule has 2 aromatic rings. The smallest absolute Gasteiger partial charge is 0.221 e. The van der Waals surface area contributed by atoms with Crippen LogP contribution in [0.1, 0.15) is 47.6 Å². The van der Waals surface area contributed by atoms with Crippen molar-refractivity contribution in [2.45, 2.75) is 43.0 Å². The molecule has 2 fully saturated rings. The van der Waals surface area contributed by atoms with Crippen LogP contribution in [0.2, 0.25) is 0 Å². The van der Waals surface area contributed by atoms with Crippen LogP contribution in [0.25, 0.3) is 0 Å². The second-order valence-corrected chi connectivity index (χ2v) is 9.50. The molecule has 1 saturated carbocycles. The third kappa shape index (κ3) is 3.17. The van der Waals surface area contributed by atoms with Crippen LogP contribution >= 0.6 is 0 Å². The van der Waals surface area contributed by atoms with Gasteiger partial charge >= 0.3 is 0 Å². The molecule has 1 atom stereocenters. The van der Waals surface area contributed by atoms with Gasteiger partial charge in [-0.1, -0.05) is 42.5 Å². The topological polar surface area (TPSA) is 63.4 Å². The zero-order valence-corrected chi connectivity index (χ0v) is 15.4. The molecule has 1 aliphatic carbocycles. The van der Waals surface area contributed by atoms with Crippen molar-refractivity contribution in [3.8, 4) is 0 Å². The van der Waals surface area contributed by atoms with E-state index in [1.165, 1.54) is 10.4 Å². The first-order chi connectivity index (χ1) is 12.4.